The number of carbonyl (C=O) groups is 1. The molecule has 110 valence electrons. The summed E-state index contributed by atoms with van der Waals surface area (Å²) >= 11 is 5.97. The first-order valence-electron chi connectivity index (χ1n) is 6.68. The molecule has 0 saturated heterocycles. The minimum absolute atomic E-state index is 0.0901. The molecule has 5 heteroatoms. The van der Waals surface area contributed by atoms with Crippen LogP contribution in [-0.4, -0.2) is 12.5 Å². The number of benzene rings is 2. The second-order valence-corrected chi connectivity index (χ2v) is 4.93. The summed E-state index contributed by atoms with van der Waals surface area (Å²) in [6.45, 7) is 0.435. The molecule has 4 nitrogen and oxygen atoms in total. The highest BCUT2D eigenvalue weighted by molar-refractivity contribution is 6.33. The molecule has 0 aliphatic heterocycles. The predicted octanol–water partition coefficient (Wildman–Crippen LogP) is 3.72. The maximum Gasteiger partial charge on any atom is 0.224 e. The fourth-order valence-electron chi connectivity index (χ4n) is 1.80. The molecule has 0 radical (unpaired) electrons. The molecule has 3 N–H and O–H groups in total. The van der Waals surface area contributed by atoms with Crippen LogP contribution in [0.25, 0.3) is 0 Å². The third-order valence-electron chi connectivity index (χ3n) is 2.87. The van der Waals surface area contributed by atoms with Crippen LogP contribution in [0.3, 0.4) is 0 Å². The topological polar surface area (TPSA) is 64.3 Å². The van der Waals surface area contributed by atoms with E-state index in [1.165, 1.54) is 0 Å². The number of nitrogens with one attached hydrogen (secondary N) is 1. The van der Waals surface area contributed by atoms with Crippen molar-refractivity contribution in [1.82, 2.24) is 0 Å². The van der Waals surface area contributed by atoms with E-state index in [0.717, 1.165) is 0 Å². The molecule has 2 aromatic carbocycles. The third kappa shape index (κ3) is 4.68. The van der Waals surface area contributed by atoms with Crippen LogP contribution in [0.2, 0.25) is 5.02 Å². The average Bonchev–Trinajstić information content (AvgIpc) is 2.48. The van der Waals surface area contributed by atoms with Crippen LogP contribution < -0.4 is 15.8 Å². The van der Waals surface area contributed by atoms with E-state index in [-0.39, 0.29) is 5.91 Å². The molecule has 0 aromatic heterocycles. The lowest BCUT2D eigenvalue weighted by Gasteiger charge is -2.09. The second-order valence-electron chi connectivity index (χ2n) is 4.52. The van der Waals surface area contributed by atoms with Crippen LogP contribution in [0.5, 0.6) is 5.75 Å². The van der Waals surface area contributed by atoms with Gasteiger partial charge in [-0.2, -0.15) is 0 Å². The smallest absolute Gasteiger partial charge is 0.224 e. The van der Waals surface area contributed by atoms with Crippen LogP contribution in [0.15, 0.2) is 48.5 Å². The van der Waals surface area contributed by atoms with E-state index in [0.29, 0.717) is 41.6 Å². The highest BCUT2D eigenvalue weighted by Crippen LogP contribution is 2.21. The molecule has 0 aliphatic rings. The second kappa shape index (κ2) is 7.55. The van der Waals surface area contributed by atoms with Gasteiger partial charge in [0.15, 0.2) is 0 Å². The molecule has 0 saturated carbocycles. The maximum absolute atomic E-state index is 11.8. The van der Waals surface area contributed by atoms with Crippen molar-refractivity contribution in [2.24, 2.45) is 0 Å². The van der Waals surface area contributed by atoms with Gasteiger partial charge in [-0.1, -0.05) is 35.9 Å². The van der Waals surface area contributed by atoms with Gasteiger partial charge in [0.1, 0.15) is 5.75 Å². The van der Waals surface area contributed by atoms with Gasteiger partial charge >= 0.3 is 0 Å². The first-order valence-corrected chi connectivity index (χ1v) is 7.06. The van der Waals surface area contributed by atoms with Crippen molar-refractivity contribution < 1.29 is 9.53 Å². The summed E-state index contributed by atoms with van der Waals surface area (Å²) in [4.78, 5) is 11.8. The zero-order valence-corrected chi connectivity index (χ0v) is 12.3. The molecule has 1 amide bonds. The van der Waals surface area contributed by atoms with Gasteiger partial charge in [-0.3, -0.25) is 4.79 Å². The normalized spacial score (nSPS) is 10.1. The SMILES string of the molecule is Nc1ccccc1OCCCC(=O)Nc1ccccc1Cl. The molecule has 0 aliphatic carbocycles. The van der Waals surface area contributed by atoms with Gasteiger partial charge in [-0.05, 0) is 30.7 Å². The predicted molar refractivity (Wildman–Crippen MR) is 85.7 cm³/mol. The van der Waals surface area contributed by atoms with Crippen molar-refractivity contribution in [1.29, 1.82) is 0 Å². The molecule has 0 bridgehead atoms. The van der Waals surface area contributed by atoms with Crippen LogP contribution in [0.1, 0.15) is 12.8 Å². The fourth-order valence-corrected chi connectivity index (χ4v) is 1.99. The number of anilines is 2. The lowest BCUT2D eigenvalue weighted by atomic mass is 10.2. The van der Waals surface area contributed by atoms with Crippen LogP contribution in [0, 0.1) is 0 Å². The number of nitrogen functional groups attached to an aromatic ring is 1. The van der Waals surface area contributed by atoms with Crippen LogP contribution in [0.4, 0.5) is 11.4 Å². The Labute approximate surface area is 128 Å². The molecule has 0 atom stereocenters. The van der Waals surface area contributed by atoms with E-state index in [1.54, 1.807) is 24.3 Å². The molecule has 21 heavy (non-hydrogen) atoms. The van der Waals surface area contributed by atoms with Gasteiger partial charge in [0.25, 0.3) is 0 Å². The number of rotatable bonds is 6. The Morgan fingerprint density at radius 3 is 2.62 bits per heavy atom. The van der Waals surface area contributed by atoms with Gasteiger partial charge < -0.3 is 15.8 Å². The van der Waals surface area contributed by atoms with Crippen molar-refractivity contribution in [3.63, 3.8) is 0 Å². The zero-order valence-electron chi connectivity index (χ0n) is 11.5. The van der Waals surface area contributed by atoms with Gasteiger partial charge in [-0.15, -0.1) is 0 Å². The molecule has 0 fully saturated rings. The third-order valence-corrected chi connectivity index (χ3v) is 3.20. The standard InChI is InChI=1S/C16H17ClN2O2/c17-12-6-1-3-8-14(12)19-16(20)10-5-11-21-15-9-4-2-7-13(15)18/h1-4,6-9H,5,10-11,18H2,(H,19,20). The number of nitrogens with two attached hydrogens (primary N) is 1. The summed E-state index contributed by atoms with van der Waals surface area (Å²) in [7, 11) is 0. The highest BCUT2D eigenvalue weighted by Gasteiger charge is 2.05. The number of carbonyl (C=O) groups excluding carboxylic acids is 1. The molecule has 0 heterocycles. The largest absolute Gasteiger partial charge is 0.491 e. The number of amides is 1. The lowest BCUT2D eigenvalue weighted by molar-refractivity contribution is -0.116. The Balaban J connectivity index is 1.73. The van der Waals surface area contributed by atoms with E-state index < -0.39 is 0 Å². The van der Waals surface area contributed by atoms with E-state index >= 15 is 0 Å². The summed E-state index contributed by atoms with van der Waals surface area (Å²) in [5.41, 5.74) is 6.98. The van der Waals surface area contributed by atoms with Crippen molar-refractivity contribution in [2.45, 2.75) is 12.8 Å². The molecular formula is C16H17ClN2O2. The van der Waals surface area contributed by atoms with Gasteiger partial charge in [0, 0.05) is 6.42 Å². The first-order chi connectivity index (χ1) is 10.2. The number of halogens is 1. The maximum atomic E-state index is 11.8. The molecule has 2 rings (SSSR count). The number of para-hydroxylation sites is 3. The Kier molecular flexibility index (Phi) is 5.46. The summed E-state index contributed by atoms with van der Waals surface area (Å²) in [5.74, 6) is 0.553. The number of hydrogen-bond donors (Lipinski definition) is 2. The quantitative estimate of drug-likeness (QED) is 0.631. The summed E-state index contributed by atoms with van der Waals surface area (Å²) < 4.78 is 5.53. The first kappa shape index (κ1) is 15.2. The van der Waals surface area contributed by atoms with Crippen LogP contribution >= 0.6 is 11.6 Å². The highest BCUT2D eigenvalue weighted by atomic mass is 35.5. The van der Waals surface area contributed by atoms with Crippen molar-refractivity contribution in [2.75, 3.05) is 17.7 Å². The van der Waals surface area contributed by atoms with E-state index in [4.69, 9.17) is 22.1 Å². The summed E-state index contributed by atoms with van der Waals surface area (Å²) in [5, 5.41) is 3.30. The molecule has 0 unspecified atom stereocenters. The Hall–Kier alpha value is -2.20. The number of ether oxygens (including phenoxy) is 1. The average molecular weight is 305 g/mol. The number of hydrogen-bond acceptors (Lipinski definition) is 3. The molecule has 2 aromatic rings. The van der Waals surface area contributed by atoms with Crippen LogP contribution in [-0.2, 0) is 4.79 Å². The van der Waals surface area contributed by atoms with Crippen molar-refractivity contribution in [3.8, 4) is 5.75 Å². The summed E-state index contributed by atoms with van der Waals surface area (Å²) in [6, 6.07) is 14.4. The lowest BCUT2D eigenvalue weighted by Crippen LogP contribution is -2.13. The van der Waals surface area contributed by atoms with E-state index in [1.807, 2.05) is 24.3 Å². The Morgan fingerprint density at radius 2 is 1.86 bits per heavy atom. The Morgan fingerprint density at radius 1 is 1.14 bits per heavy atom. The van der Waals surface area contributed by atoms with E-state index in [2.05, 4.69) is 5.32 Å². The van der Waals surface area contributed by atoms with Gasteiger partial charge in [0.05, 0.1) is 23.0 Å². The minimum Gasteiger partial charge on any atom is -0.491 e. The molecular weight excluding hydrogens is 288 g/mol. The zero-order chi connectivity index (χ0) is 15.1. The van der Waals surface area contributed by atoms with Crippen molar-refractivity contribution in [3.05, 3.63) is 53.6 Å². The fraction of sp³-hybridized carbons (Fsp3) is 0.188. The van der Waals surface area contributed by atoms with Crippen molar-refractivity contribution >= 4 is 28.9 Å². The van der Waals surface area contributed by atoms with Gasteiger partial charge in [0.2, 0.25) is 5.91 Å². The Bertz CT molecular complexity index is 617. The van der Waals surface area contributed by atoms with E-state index in [9.17, 15) is 4.79 Å². The summed E-state index contributed by atoms with van der Waals surface area (Å²) in [6.07, 6.45) is 0.961. The monoisotopic (exact) mass is 304 g/mol. The molecule has 0 spiro atoms. The van der Waals surface area contributed by atoms with Gasteiger partial charge in [-0.25, -0.2) is 0 Å². The minimum atomic E-state index is -0.0901.